The fourth-order valence-corrected chi connectivity index (χ4v) is 1.57. The van der Waals surface area contributed by atoms with Crippen molar-refractivity contribution in [3.63, 3.8) is 0 Å². The molecule has 2 aromatic rings. The van der Waals surface area contributed by atoms with Crippen LogP contribution in [0, 0.1) is 13.8 Å². The van der Waals surface area contributed by atoms with E-state index in [4.69, 9.17) is 4.74 Å². The number of aryl methyl sites for hydroxylation is 2. The Morgan fingerprint density at radius 1 is 1.21 bits per heavy atom. The summed E-state index contributed by atoms with van der Waals surface area (Å²) >= 11 is 0. The molecule has 19 heavy (non-hydrogen) atoms. The normalized spacial score (nSPS) is 10.0. The molecular formula is C15H16N2O2. The number of anilines is 1. The van der Waals surface area contributed by atoms with Crippen molar-refractivity contribution in [2.45, 2.75) is 13.8 Å². The second-order valence-corrected chi connectivity index (χ2v) is 4.30. The molecule has 1 aromatic heterocycles. The van der Waals surface area contributed by atoms with Crippen molar-refractivity contribution in [1.82, 2.24) is 4.98 Å². The van der Waals surface area contributed by atoms with E-state index in [0.717, 1.165) is 5.56 Å². The average Bonchev–Trinajstić information content (AvgIpc) is 2.41. The third-order valence-electron chi connectivity index (χ3n) is 2.78. The van der Waals surface area contributed by atoms with Gasteiger partial charge in [0.15, 0.2) is 6.61 Å². The molecular weight excluding hydrogens is 240 g/mol. The van der Waals surface area contributed by atoms with E-state index < -0.39 is 0 Å². The lowest BCUT2D eigenvalue weighted by atomic mass is 10.1. The van der Waals surface area contributed by atoms with E-state index in [2.05, 4.69) is 10.3 Å². The zero-order valence-corrected chi connectivity index (χ0v) is 11.0. The number of carbonyl (C=O) groups is 1. The molecule has 0 saturated heterocycles. The lowest BCUT2D eigenvalue weighted by Gasteiger charge is -2.08. The predicted octanol–water partition coefficient (Wildman–Crippen LogP) is 2.72. The van der Waals surface area contributed by atoms with Gasteiger partial charge in [-0.1, -0.05) is 12.1 Å². The summed E-state index contributed by atoms with van der Waals surface area (Å²) in [5.41, 5.74) is 2.34. The van der Waals surface area contributed by atoms with Gasteiger partial charge in [-0.3, -0.25) is 4.79 Å². The minimum atomic E-state index is -0.225. The summed E-state index contributed by atoms with van der Waals surface area (Å²) in [7, 11) is 0. The standard InChI is InChI=1S/C15H16N2O2/c1-11-6-7-13(9-12(11)2)19-10-15(18)17-14-5-3-4-8-16-14/h3-9H,10H2,1-2H3,(H,16,17,18). The number of ether oxygens (including phenoxy) is 1. The molecule has 1 heterocycles. The molecule has 1 amide bonds. The van der Waals surface area contributed by atoms with E-state index in [1.54, 1.807) is 18.3 Å². The molecule has 0 atom stereocenters. The van der Waals surface area contributed by atoms with Gasteiger partial charge in [0.05, 0.1) is 0 Å². The first kappa shape index (κ1) is 13.1. The van der Waals surface area contributed by atoms with Crippen molar-refractivity contribution in [3.05, 3.63) is 53.7 Å². The summed E-state index contributed by atoms with van der Waals surface area (Å²) in [6, 6.07) is 11.1. The van der Waals surface area contributed by atoms with E-state index in [1.165, 1.54) is 5.56 Å². The second-order valence-electron chi connectivity index (χ2n) is 4.30. The van der Waals surface area contributed by atoms with Crippen molar-refractivity contribution in [2.75, 3.05) is 11.9 Å². The van der Waals surface area contributed by atoms with Gasteiger partial charge < -0.3 is 10.1 Å². The molecule has 4 nitrogen and oxygen atoms in total. The topological polar surface area (TPSA) is 51.2 Å². The molecule has 0 bridgehead atoms. The number of amides is 1. The van der Waals surface area contributed by atoms with Crippen LogP contribution in [0.5, 0.6) is 5.75 Å². The number of rotatable bonds is 4. The van der Waals surface area contributed by atoms with E-state index in [-0.39, 0.29) is 12.5 Å². The summed E-state index contributed by atoms with van der Waals surface area (Å²) in [4.78, 5) is 15.7. The van der Waals surface area contributed by atoms with Crippen molar-refractivity contribution in [3.8, 4) is 5.75 Å². The molecule has 0 saturated carbocycles. The smallest absolute Gasteiger partial charge is 0.263 e. The number of pyridine rings is 1. The summed E-state index contributed by atoms with van der Waals surface area (Å²) in [5.74, 6) is 0.993. The summed E-state index contributed by atoms with van der Waals surface area (Å²) < 4.78 is 5.44. The molecule has 0 aliphatic heterocycles. The zero-order valence-electron chi connectivity index (χ0n) is 11.0. The minimum Gasteiger partial charge on any atom is -0.484 e. The maximum atomic E-state index is 11.7. The first-order chi connectivity index (χ1) is 9.15. The van der Waals surface area contributed by atoms with Gasteiger partial charge in [0.25, 0.3) is 5.91 Å². The lowest BCUT2D eigenvalue weighted by molar-refractivity contribution is -0.118. The van der Waals surface area contributed by atoms with Gasteiger partial charge in [0, 0.05) is 6.20 Å². The molecule has 0 aliphatic rings. The quantitative estimate of drug-likeness (QED) is 0.915. The Balaban J connectivity index is 1.88. The number of nitrogens with zero attached hydrogens (tertiary/aromatic N) is 1. The van der Waals surface area contributed by atoms with Crippen molar-refractivity contribution >= 4 is 11.7 Å². The zero-order chi connectivity index (χ0) is 13.7. The molecule has 2 rings (SSSR count). The number of benzene rings is 1. The number of carbonyl (C=O) groups excluding carboxylic acids is 1. The maximum Gasteiger partial charge on any atom is 0.263 e. The Labute approximate surface area is 112 Å². The van der Waals surface area contributed by atoms with Gasteiger partial charge >= 0.3 is 0 Å². The largest absolute Gasteiger partial charge is 0.484 e. The Morgan fingerprint density at radius 3 is 2.74 bits per heavy atom. The molecule has 0 radical (unpaired) electrons. The Kier molecular flexibility index (Phi) is 4.13. The third kappa shape index (κ3) is 3.81. The first-order valence-corrected chi connectivity index (χ1v) is 6.06. The predicted molar refractivity (Wildman–Crippen MR) is 74.3 cm³/mol. The average molecular weight is 256 g/mol. The lowest BCUT2D eigenvalue weighted by Crippen LogP contribution is -2.20. The summed E-state index contributed by atoms with van der Waals surface area (Å²) in [6.07, 6.45) is 1.62. The molecule has 0 fully saturated rings. The highest BCUT2D eigenvalue weighted by molar-refractivity contribution is 5.90. The Morgan fingerprint density at radius 2 is 2.05 bits per heavy atom. The van der Waals surface area contributed by atoms with Crippen molar-refractivity contribution in [2.24, 2.45) is 0 Å². The number of aromatic nitrogens is 1. The maximum absolute atomic E-state index is 11.7. The highest BCUT2D eigenvalue weighted by atomic mass is 16.5. The summed E-state index contributed by atoms with van der Waals surface area (Å²) in [5, 5.41) is 2.66. The van der Waals surface area contributed by atoms with E-state index in [1.807, 2.05) is 38.1 Å². The van der Waals surface area contributed by atoms with Crippen LogP contribution >= 0.6 is 0 Å². The van der Waals surface area contributed by atoms with Gasteiger partial charge in [-0.05, 0) is 49.2 Å². The summed E-state index contributed by atoms with van der Waals surface area (Å²) in [6.45, 7) is 4.02. The first-order valence-electron chi connectivity index (χ1n) is 6.06. The van der Waals surface area contributed by atoms with Gasteiger partial charge in [-0.2, -0.15) is 0 Å². The highest BCUT2D eigenvalue weighted by Gasteiger charge is 2.04. The van der Waals surface area contributed by atoms with Crippen LogP contribution in [0.3, 0.4) is 0 Å². The van der Waals surface area contributed by atoms with Gasteiger partial charge in [0.2, 0.25) is 0 Å². The van der Waals surface area contributed by atoms with Gasteiger partial charge in [-0.25, -0.2) is 4.98 Å². The van der Waals surface area contributed by atoms with Crippen LogP contribution in [0.2, 0.25) is 0 Å². The molecule has 98 valence electrons. The third-order valence-corrected chi connectivity index (χ3v) is 2.78. The Bertz CT molecular complexity index is 568. The SMILES string of the molecule is Cc1ccc(OCC(=O)Nc2ccccn2)cc1C. The van der Waals surface area contributed by atoms with Crippen LogP contribution in [0.4, 0.5) is 5.82 Å². The van der Waals surface area contributed by atoms with Crippen LogP contribution in [-0.2, 0) is 4.79 Å². The monoisotopic (exact) mass is 256 g/mol. The van der Waals surface area contributed by atoms with Gasteiger partial charge in [0.1, 0.15) is 11.6 Å². The molecule has 0 spiro atoms. The highest BCUT2D eigenvalue weighted by Crippen LogP contribution is 2.16. The molecule has 1 aromatic carbocycles. The van der Waals surface area contributed by atoms with Crippen LogP contribution < -0.4 is 10.1 Å². The van der Waals surface area contributed by atoms with Crippen molar-refractivity contribution < 1.29 is 9.53 Å². The van der Waals surface area contributed by atoms with E-state index in [9.17, 15) is 4.79 Å². The van der Waals surface area contributed by atoms with Crippen LogP contribution in [-0.4, -0.2) is 17.5 Å². The van der Waals surface area contributed by atoms with E-state index >= 15 is 0 Å². The number of nitrogens with one attached hydrogen (secondary N) is 1. The minimum absolute atomic E-state index is 0.0287. The molecule has 0 unspecified atom stereocenters. The molecule has 1 N–H and O–H groups in total. The molecule has 4 heteroatoms. The van der Waals surface area contributed by atoms with Gasteiger partial charge in [-0.15, -0.1) is 0 Å². The van der Waals surface area contributed by atoms with Crippen LogP contribution in [0.15, 0.2) is 42.6 Å². The fourth-order valence-electron chi connectivity index (χ4n) is 1.57. The van der Waals surface area contributed by atoms with Crippen LogP contribution in [0.1, 0.15) is 11.1 Å². The number of hydrogen-bond donors (Lipinski definition) is 1. The number of hydrogen-bond acceptors (Lipinski definition) is 3. The van der Waals surface area contributed by atoms with Crippen molar-refractivity contribution in [1.29, 1.82) is 0 Å². The fraction of sp³-hybridized carbons (Fsp3) is 0.200. The van der Waals surface area contributed by atoms with E-state index in [0.29, 0.717) is 11.6 Å². The Hall–Kier alpha value is -2.36. The molecule has 0 aliphatic carbocycles. The second kappa shape index (κ2) is 6.00. The van der Waals surface area contributed by atoms with Crippen LogP contribution in [0.25, 0.3) is 0 Å².